The molecule has 0 unspecified atom stereocenters. The van der Waals surface area contributed by atoms with Crippen LogP contribution in [0.1, 0.15) is 0 Å². The summed E-state index contributed by atoms with van der Waals surface area (Å²) in [5.41, 5.74) is 0.775. The van der Waals surface area contributed by atoms with Crippen molar-refractivity contribution in [1.82, 2.24) is 0 Å². The zero-order valence-electron chi connectivity index (χ0n) is 10.8. The zero-order chi connectivity index (χ0) is 14.8. The third-order valence-corrected chi connectivity index (χ3v) is 3.68. The molecule has 0 aliphatic rings. The molecule has 0 radical (unpaired) electrons. The Labute approximate surface area is 131 Å². The summed E-state index contributed by atoms with van der Waals surface area (Å²) in [4.78, 5) is 0. The molecule has 0 amide bonds. The molecule has 3 aromatic carbocycles. The third kappa shape index (κ3) is 2.71. The van der Waals surface area contributed by atoms with Crippen molar-refractivity contribution in [3.8, 4) is 5.75 Å². The SMILES string of the molecule is Oc1ccc2ccccc2c1N=Nc1c(Cl)cccc1Cl. The molecule has 0 heterocycles. The Balaban J connectivity index is 2.14. The lowest BCUT2D eigenvalue weighted by molar-refractivity contribution is 0.477. The van der Waals surface area contributed by atoms with E-state index in [9.17, 15) is 5.11 Å². The molecule has 0 aliphatic carbocycles. The van der Waals surface area contributed by atoms with Crippen molar-refractivity contribution in [2.45, 2.75) is 0 Å². The number of fused-ring (bicyclic) bond motifs is 1. The molecule has 0 bridgehead atoms. The number of phenolic OH excluding ortho intramolecular Hbond substituents is 1. The molecule has 0 fully saturated rings. The smallest absolute Gasteiger partial charge is 0.143 e. The number of nitrogens with zero attached hydrogens (tertiary/aromatic N) is 2. The summed E-state index contributed by atoms with van der Waals surface area (Å²) in [5.74, 6) is 0.0561. The summed E-state index contributed by atoms with van der Waals surface area (Å²) >= 11 is 12.1. The van der Waals surface area contributed by atoms with E-state index >= 15 is 0 Å². The lowest BCUT2D eigenvalue weighted by Gasteiger charge is -2.04. The van der Waals surface area contributed by atoms with Gasteiger partial charge in [-0.25, -0.2) is 0 Å². The second kappa shape index (κ2) is 5.72. The van der Waals surface area contributed by atoms with Gasteiger partial charge in [0, 0.05) is 5.39 Å². The van der Waals surface area contributed by atoms with Gasteiger partial charge in [0.15, 0.2) is 0 Å². The Morgan fingerprint density at radius 1 is 0.714 bits per heavy atom. The van der Waals surface area contributed by atoms with Crippen LogP contribution in [0.25, 0.3) is 10.8 Å². The quantitative estimate of drug-likeness (QED) is 0.556. The fourth-order valence-electron chi connectivity index (χ4n) is 2.03. The monoisotopic (exact) mass is 316 g/mol. The standard InChI is InChI=1S/C16H10Cl2N2O/c17-12-6-3-7-13(18)16(12)20-19-15-11-5-2-1-4-10(11)8-9-14(15)21/h1-9,21H. The topological polar surface area (TPSA) is 45.0 Å². The largest absolute Gasteiger partial charge is 0.506 e. The fraction of sp³-hybridized carbons (Fsp3) is 0. The highest BCUT2D eigenvalue weighted by Gasteiger charge is 2.08. The summed E-state index contributed by atoms with van der Waals surface area (Å²) in [6.45, 7) is 0. The number of rotatable bonds is 2. The van der Waals surface area contributed by atoms with Crippen molar-refractivity contribution < 1.29 is 5.11 Å². The highest BCUT2D eigenvalue weighted by molar-refractivity contribution is 6.38. The van der Waals surface area contributed by atoms with Gasteiger partial charge in [-0.1, -0.05) is 59.6 Å². The molecule has 3 aromatic rings. The first-order valence-corrected chi connectivity index (χ1v) is 6.99. The van der Waals surface area contributed by atoms with Gasteiger partial charge in [0.05, 0.1) is 10.0 Å². The molecule has 0 spiro atoms. The van der Waals surface area contributed by atoms with Crippen molar-refractivity contribution in [2.75, 3.05) is 0 Å². The Morgan fingerprint density at radius 3 is 2.14 bits per heavy atom. The minimum Gasteiger partial charge on any atom is -0.506 e. The molecular formula is C16H10Cl2N2O. The van der Waals surface area contributed by atoms with Crippen LogP contribution in [-0.2, 0) is 0 Å². The molecule has 0 aliphatic heterocycles. The maximum absolute atomic E-state index is 10.0. The van der Waals surface area contributed by atoms with Gasteiger partial charge in [0.25, 0.3) is 0 Å². The van der Waals surface area contributed by atoms with E-state index in [4.69, 9.17) is 23.2 Å². The Kier molecular flexibility index (Phi) is 3.78. The van der Waals surface area contributed by atoms with Crippen LogP contribution in [0.5, 0.6) is 5.75 Å². The van der Waals surface area contributed by atoms with E-state index in [1.807, 2.05) is 30.3 Å². The van der Waals surface area contributed by atoms with Crippen molar-refractivity contribution in [1.29, 1.82) is 0 Å². The van der Waals surface area contributed by atoms with Gasteiger partial charge in [0.1, 0.15) is 17.1 Å². The molecule has 0 aromatic heterocycles. The van der Waals surface area contributed by atoms with Crippen molar-refractivity contribution in [3.63, 3.8) is 0 Å². The number of aromatic hydroxyl groups is 1. The average molecular weight is 317 g/mol. The minimum atomic E-state index is 0.0561. The summed E-state index contributed by atoms with van der Waals surface area (Å²) in [7, 11) is 0. The van der Waals surface area contributed by atoms with E-state index in [0.717, 1.165) is 10.8 Å². The number of halogens is 2. The first kappa shape index (κ1) is 13.9. The number of azo groups is 1. The van der Waals surface area contributed by atoms with Crippen LogP contribution in [0.4, 0.5) is 11.4 Å². The third-order valence-electron chi connectivity index (χ3n) is 3.07. The fourth-order valence-corrected chi connectivity index (χ4v) is 2.51. The summed E-state index contributed by atoms with van der Waals surface area (Å²) in [6.07, 6.45) is 0. The number of hydrogen-bond donors (Lipinski definition) is 1. The van der Waals surface area contributed by atoms with E-state index in [2.05, 4.69) is 10.2 Å². The Hall–Kier alpha value is -2.10. The lowest BCUT2D eigenvalue weighted by Crippen LogP contribution is -1.75. The minimum absolute atomic E-state index is 0.0561. The normalized spacial score (nSPS) is 11.3. The van der Waals surface area contributed by atoms with Gasteiger partial charge in [0.2, 0.25) is 0 Å². The summed E-state index contributed by atoms with van der Waals surface area (Å²) in [5, 5.41) is 20.8. The maximum atomic E-state index is 10.0. The van der Waals surface area contributed by atoms with Crippen LogP contribution in [0.2, 0.25) is 10.0 Å². The van der Waals surface area contributed by atoms with Crippen molar-refractivity contribution in [2.24, 2.45) is 10.2 Å². The van der Waals surface area contributed by atoms with Crippen LogP contribution in [0.3, 0.4) is 0 Å². The van der Waals surface area contributed by atoms with Gasteiger partial charge < -0.3 is 5.11 Å². The molecule has 104 valence electrons. The second-order valence-corrected chi connectivity index (χ2v) is 5.24. The molecule has 5 heteroatoms. The van der Waals surface area contributed by atoms with E-state index in [1.165, 1.54) is 0 Å². The zero-order valence-corrected chi connectivity index (χ0v) is 12.3. The number of benzene rings is 3. The Morgan fingerprint density at radius 2 is 1.38 bits per heavy atom. The molecule has 0 saturated heterocycles. The molecule has 3 rings (SSSR count). The van der Waals surface area contributed by atoms with E-state index < -0.39 is 0 Å². The van der Waals surface area contributed by atoms with Crippen molar-refractivity contribution >= 4 is 45.3 Å². The van der Waals surface area contributed by atoms with Crippen LogP contribution in [-0.4, -0.2) is 5.11 Å². The molecule has 1 N–H and O–H groups in total. The first-order chi connectivity index (χ1) is 10.2. The van der Waals surface area contributed by atoms with Crippen molar-refractivity contribution in [3.05, 3.63) is 64.6 Å². The molecular weight excluding hydrogens is 307 g/mol. The molecule has 3 nitrogen and oxygen atoms in total. The van der Waals surface area contributed by atoms with E-state index in [1.54, 1.807) is 24.3 Å². The number of phenols is 1. The number of hydrogen-bond acceptors (Lipinski definition) is 3. The van der Waals surface area contributed by atoms with Crippen LogP contribution < -0.4 is 0 Å². The maximum Gasteiger partial charge on any atom is 0.143 e. The lowest BCUT2D eigenvalue weighted by atomic mass is 10.1. The second-order valence-electron chi connectivity index (χ2n) is 4.42. The van der Waals surface area contributed by atoms with Gasteiger partial charge in [-0.2, -0.15) is 0 Å². The Bertz CT molecular complexity index is 827. The highest BCUT2D eigenvalue weighted by atomic mass is 35.5. The van der Waals surface area contributed by atoms with E-state index in [0.29, 0.717) is 21.4 Å². The van der Waals surface area contributed by atoms with Gasteiger partial charge in [-0.05, 0) is 23.6 Å². The van der Waals surface area contributed by atoms with Crippen LogP contribution in [0.15, 0.2) is 64.8 Å². The summed E-state index contributed by atoms with van der Waals surface area (Å²) in [6, 6.07) is 16.1. The summed E-state index contributed by atoms with van der Waals surface area (Å²) < 4.78 is 0. The van der Waals surface area contributed by atoms with Gasteiger partial charge in [-0.15, -0.1) is 10.2 Å². The average Bonchev–Trinajstić information content (AvgIpc) is 2.48. The van der Waals surface area contributed by atoms with Crippen LogP contribution >= 0.6 is 23.2 Å². The molecule has 21 heavy (non-hydrogen) atoms. The molecule has 0 atom stereocenters. The van der Waals surface area contributed by atoms with Gasteiger partial charge in [-0.3, -0.25) is 0 Å². The van der Waals surface area contributed by atoms with Crippen LogP contribution in [0, 0.1) is 0 Å². The predicted molar refractivity (Wildman–Crippen MR) is 86.3 cm³/mol. The molecule has 0 saturated carbocycles. The van der Waals surface area contributed by atoms with E-state index in [-0.39, 0.29) is 5.75 Å². The first-order valence-electron chi connectivity index (χ1n) is 6.23. The predicted octanol–water partition coefficient (Wildman–Crippen LogP) is 6.27. The van der Waals surface area contributed by atoms with Gasteiger partial charge >= 0.3 is 0 Å². The highest BCUT2D eigenvalue weighted by Crippen LogP contribution is 2.38.